The van der Waals surface area contributed by atoms with Crippen LogP contribution in [0.5, 0.6) is 0 Å². The van der Waals surface area contributed by atoms with Crippen LogP contribution in [0.25, 0.3) is 0 Å². The SMILES string of the molecule is Cc1nccc(N[C@@H]2COCC[C@@H]2NC(=O)c2ccn(C)c(=O)c2)n1. The number of anilines is 1. The Labute approximate surface area is 145 Å². The monoisotopic (exact) mass is 343 g/mol. The normalized spacial score (nSPS) is 20.1. The van der Waals surface area contributed by atoms with Crippen LogP contribution in [0.3, 0.4) is 0 Å². The number of pyridine rings is 1. The van der Waals surface area contributed by atoms with E-state index in [2.05, 4.69) is 20.6 Å². The molecule has 0 bridgehead atoms. The smallest absolute Gasteiger partial charge is 0.251 e. The topological polar surface area (TPSA) is 98.1 Å². The van der Waals surface area contributed by atoms with Gasteiger partial charge in [0.2, 0.25) is 0 Å². The summed E-state index contributed by atoms with van der Waals surface area (Å²) >= 11 is 0. The van der Waals surface area contributed by atoms with Crippen molar-refractivity contribution >= 4 is 11.7 Å². The van der Waals surface area contributed by atoms with Gasteiger partial charge >= 0.3 is 0 Å². The van der Waals surface area contributed by atoms with Gasteiger partial charge in [-0.25, -0.2) is 9.97 Å². The lowest BCUT2D eigenvalue weighted by Crippen LogP contribution is -2.52. The van der Waals surface area contributed by atoms with E-state index in [9.17, 15) is 9.59 Å². The fraction of sp³-hybridized carbons (Fsp3) is 0.412. The Bertz CT molecular complexity index is 820. The number of nitrogens with zero attached hydrogens (tertiary/aromatic N) is 3. The van der Waals surface area contributed by atoms with E-state index in [1.165, 1.54) is 10.6 Å². The van der Waals surface area contributed by atoms with Crippen LogP contribution in [0.4, 0.5) is 5.82 Å². The molecule has 2 atom stereocenters. The minimum atomic E-state index is -0.268. The van der Waals surface area contributed by atoms with Crippen molar-refractivity contribution in [3.05, 3.63) is 52.3 Å². The highest BCUT2D eigenvalue weighted by atomic mass is 16.5. The molecule has 3 heterocycles. The maximum Gasteiger partial charge on any atom is 0.251 e. The number of rotatable bonds is 4. The van der Waals surface area contributed by atoms with E-state index >= 15 is 0 Å². The molecule has 2 N–H and O–H groups in total. The average Bonchev–Trinajstić information content (AvgIpc) is 2.59. The number of aryl methyl sites for hydroxylation is 2. The molecule has 0 aliphatic carbocycles. The van der Waals surface area contributed by atoms with Crippen LogP contribution in [0.2, 0.25) is 0 Å². The van der Waals surface area contributed by atoms with Crippen molar-refractivity contribution in [1.82, 2.24) is 19.9 Å². The lowest BCUT2D eigenvalue weighted by atomic mass is 10.0. The van der Waals surface area contributed by atoms with E-state index in [1.54, 1.807) is 31.6 Å². The second kappa shape index (κ2) is 7.43. The summed E-state index contributed by atoms with van der Waals surface area (Å²) in [7, 11) is 1.64. The third-order valence-electron chi connectivity index (χ3n) is 4.15. The van der Waals surface area contributed by atoms with Crippen LogP contribution >= 0.6 is 0 Å². The average molecular weight is 343 g/mol. The molecule has 0 unspecified atom stereocenters. The largest absolute Gasteiger partial charge is 0.379 e. The number of carbonyl (C=O) groups excluding carboxylic acids is 1. The molecule has 0 saturated carbocycles. The number of aromatic nitrogens is 3. The summed E-state index contributed by atoms with van der Waals surface area (Å²) in [5.74, 6) is 1.09. The van der Waals surface area contributed by atoms with Gasteiger partial charge in [0, 0.05) is 37.7 Å². The standard InChI is InChI=1S/C17H21N5O3/c1-11-18-6-3-15(19-11)20-14-10-25-8-5-13(14)21-17(24)12-4-7-22(2)16(23)9-12/h3-4,6-7,9,13-14H,5,8,10H2,1-2H3,(H,21,24)(H,18,19,20)/t13-,14+/m0/s1. The van der Waals surface area contributed by atoms with Gasteiger partial charge in [0.1, 0.15) is 11.6 Å². The molecule has 132 valence electrons. The molecule has 2 aromatic rings. The first-order valence-corrected chi connectivity index (χ1v) is 8.14. The van der Waals surface area contributed by atoms with E-state index in [4.69, 9.17) is 4.74 Å². The third-order valence-corrected chi connectivity index (χ3v) is 4.15. The first kappa shape index (κ1) is 17.1. The molecule has 1 aliphatic rings. The summed E-state index contributed by atoms with van der Waals surface area (Å²) in [5.41, 5.74) is 0.136. The third kappa shape index (κ3) is 4.21. The van der Waals surface area contributed by atoms with Gasteiger partial charge < -0.3 is 19.9 Å². The van der Waals surface area contributed by atoms with Gasteiger partial charge in [0.05, 0.1) is 18.7 Å². The Hall–Kier alpha value is -2.74. The highest BCUT2D eigenvalue weighted by molar-refractivity contribution is 5.94. The molecule has 3 rings (SSSR count). The molecule has 0 aromatic carbocycles. The number of amides is 1. The van der Waals surface area contributed by atoms with E-state index in [0.29, 0.717) is 36.8 Å². The zero-order valence-electron chi connectivity index (χ0n) is 14.2. The summed E-state index contributed by atoms with van der Waals surface area (Å²) in [5, 5.41) is 6.29. The van der Waals surface area contributed by atoms with Crippen LogP contribution in [0.15, 0.2) is 35.4 Å². The van der Waals surface area contributed by atoms with Gasteiger partial charge in [-0.1, -0.05) is 0 Å². The van der Waals surface area contributed by atoms with Crippen molar-refractivity contribution in [2.75, 3.05) is 18.5 Å². The van der Waals surface area contributed by atoms with Crippen LogP contribution in [-0.4, -0.2) is 45.7 Å². The van der Waals surface area contributed by atoms with Gasteiger partial charge in [0.25, 0.3) is 11.5 Å². The number of nitrogens with one attached hydrogen (secondary N) is 2. The summed E-state index contributed by atoms with van der Waals surface area (Å²) < 4.78 is 6.95. The molecule has 1 amide bonds. The van der Waals surface area contributed by atoms with E-state index in [-0.39, 0.29) is 23.6 Å². The van der Waals surface area contributed by atoms with E-state index in [1.807, 2.05) is 6.92 Å². The Kier molecular flexibility index (Phi) is 5.08. The fourth-order valence-electron chi connectivity index (χ4n) is 2.72. The molecule has 0 spiro atoms. The predicted molar refractivity (Wildman–Crippen MR) is 92.6 cm³/mol. The van der Waals surface area contributed by atoms with Gasteiger partial charge in [-0.2, -0.15) is 0 Å². The van der Waals surface area contributed by atoms with Crippen molar-refractivity contribution < 1.29 is 9.53 Å². The Balaban J connectivity index is 1.71. The van der Waals surface area contributed by atoms with Crippen LogP contribution in [0.1, 0.15) is 22.6 Å². The van der Waals surface area contributed by atoms with E-state index in [0.717, 1.165) is 0 Å². The highest BCUT2D eigenvalue weighted by Gasteiger charge is 2.28. The van der Waals surface area contributed by atoms with Gasteiger partial charge in [-0.05, 0) is 25.5 Å². The molecule has 1 saturated heterocycles. The maximum atomic E-state index is 12.5. The van der Waals surface area contributed by atoms with Crippen molar-refractivity contribution in [2.45, 2.75) is 25.4 Å². The quantitative estimate of drug-likeness (QED) is 0.838. The molecular weight excluding hydrogens is 322 g/mol. The molecule has 25 heavy (non-hydrogen) atoms. The first-order chi connectivity index (χ1) is 12.0. The second-order valence-corrected chi connectivity index (χ2v) is 6.05. The minimum Gasteiger partial charge on any atom is -0.379 e. The minimum absolute atomic E-state index is 0.112. The molecule has 0 radical (unpaired) electrons. The van der Waals surface area contributed by atoms with E-state index < -0.39 is 0 Å². The summed E-state index contributed by atoms with van der Waals surface area (Å²) in [6, 6.07) is 4.51. The molecule has 8 nitrogen and oxygen atoms in total. The zero-order valence-corrected chi connectivity index (χ0v) is 14.2. The van der Waals surface area contributed by atoms with Gasteiger partial charge in [0.15, 0.2) is 0 Å². The summed E-state index contributed by atoms with van der Waals surface area (Å²) in [6.45, 7) is 2.85. The molecule has 1 fully saturated rings. The molecule has 8 heteroatoms. The van der Waals surface area contributed by atoms with Crippen LogP contribution in [-0.2, 0) is 11.8 Å². The summed E-state index contributed by atoms with van der Waals surface area (Å²) in [4.78, 5) is 32.6. The predicted octanol–water partition coefficient (Wildman–Crippen LogP) is 0.483. The van der Waals surface area contributed by atoms with Gasteiger partial charge in [-0.3, -0.25) is 9.59 Å². The number of hydrogen-bond acceptors (Lipinski definition) is 6. The number of ether oxygens (including phenoxy) is 1. The van der Waals surface area contributed by atoms with Crippen molar-refractivity contribution in [2.24, 2.45) is 7.05 Å². The Morgan fingerprint density at radius 2 is 2.20 bits per heavy atom. The molecule has 1 aliphatic heterocycles. The van der Waals surface area contributed by atoms with Crippen LogP contribution in [0, 0.1) is 6.92 Å². The number of carbonyl (C=O) groups is 1. The van der Waals surface area contributed by atoms with Crippen molar-refractivity contribution in [1.29, 1.82) is 0 Å². The molecular formula is C17H21N5O3. The molecule has 2 aromatic heterocycles. The maximum absolute atomic E-state index is 12.5. The fourth-order valence-corrected chi connectivity index (χ4v) is 2.72. The van der Waals surface area contributed by atoms with Gasteiger partial charge in [-0.15, -0.1) is 0 Å². The van der Waals surface area contributed by atoms with Crippen molar-refractivity contribution in [3.8, 4) is 0 Å². The Morgan fingerprint density at radius 3 is 2.96 bits per heavy atom. The summed E-state index contributed by atoms with van der Waals surface area (Å²) in [6.07, 6.45) is 3.95. The highest BCUT2D eigenvalue weighted by Crippen LogP contribution is 2.14. The second-order valence-electron chi connectivity index (χ2n) is 6.05. The first-order valence-electron chi connectivity index (χ1n) is 8.14. The lowest BCUT2D eigenvalue weighted by molar-refractivity contribution is 0.0620. The van der Waals surface area contributed by atoms with Crippen molar-refractivity contribution in [3.63, 3.8) is 0 Å². The Morgan fingerprint density at radius 1 is 1.36 bits per heavy atom. The lowest BCUT2D eigenvalue weighted by Gasteiger charge is -2.33. The van der Waals surface area contributed by atoms with Crippen LogP contribution < -0.4 is 16.2 Å². The number of hydrogen-bond donors (Lipinski definition) is 2. The zero-order chi connectivity index (χ0) is 17.8.